The number of halogens is 1. The van der Waals surface area contributed by atoms with Crippen LogP contribution in [0.2, 0.25) is 5.02 Å². The van der Waals surface area contributed by atoms with Gasteiger partial charge in [0, 0.05) is 10.7 Å². The lowest BCUT2D eigenvalue weighted by Gasteiger charge is -2.14. The largest absolute Gasteiger partial charge is 0.497 e. The fourth-order valence-electron chi connectivity index (χ4n) is 2.44. The molecule has 3 aromatic rings. The van der Waals surface area contributed by atoms with Gasteiger partial charge in [-0.3, -0.25) is 4.79 Å². The molecule has 1 amide bonds. The quantitative estimate of drug-likeness (QED) is 0.486. The summed E-state index contributed by atoms with van der Waals surface area (Å²) in [4.78, 5) is 29.2. The third-order valence-electron chi connectivity index (χ3n) is 3.95. The molecule has 0 spiro atoms. The minimum absolute atomic E-state index is 0.128. The van der Waals surface area contributed by atoms with Crippen molar-refractivity contribution in [3.05, 3.63) is 82.9 Å². The van der Waals surface area contributed by atoms with E-state index in [-0.39, 0.29) is 11.1 Å². The van der Waals surface area contributed by atoms with E-state index in [4.69, 9.17) is 26.3 Å². The van der Waals surface area contributed by atoms with Crippen molar-refractivity contribution in [2.24, 2.45) is 0 Å². The molecular formula is C21H17ClN2O5. The van der Waals surface area contributed by atoms with Crippen LogP contribution in [0.3, 0.4) is 0 Å². The summed E-state index contributed by atoms with van der Waals surface area (Å²) in [6, 6.07) is 17.5. The number of benzene rings is 3. The van der Waals surface area contributed by atoms with Gasteiger partial charge < -0.3 is 20.0 Å². The van der Waals surface area contributed by atoms with Crippen molar-refractivity contribution >= 4 is 34.9 Å². The molecule has 29 heavy (non-hydrogen) atoms. The Balaban J connectivity index is 1.79. The summed E-state index contributed by atoms with van der Waals surface area (Å²) in [6.45, 7) is 0. The lowest BCUT2D eigenvalue weighted by molar-refractivity contribution is 0.0696. The van der Waals surface area contributed by atoms with E-state index in [9.17, 15) is 9.59 Å². The van der Waals surface area contributed by atoms with Gasteiger partial charge in [0.25, 0.3) is 5.91 Å². The van der Waals surface area contributed by atoms with Crippen molar-refractivity contribution in [1.29, 1.82) is 0 Å². The highest BCUT2D eigenvalue weighted by Gasteiger charge is 2.14. The van der Waals surface area contributed by atoms with Crippen LogP contribution < -0.4 is 20.4 Å². The number of hydrogen-bond donors (Lipinski definition) is 3. The fraction of sp³-hybridized carbons (Fsp3) is 0.0476. The highest BCUT2D eigenvalue weighted by molar-refractivity contribution is 6.30. The number of rotatable bonds is 7. The smallest absolute Gasteiger partial charge is 0.335 e. The number of carbonyl (C=O) groups is 2. The van der Waals surface area contributed by atoms with Gasteiger partial charge >= 0.3 is 5.97 Å². The molecule has 0 saturated carbocycles. The Hall–Kier alpha value is -3.71. The first-order valence-electron chi connectivity index (χ1n) is 8.47. The molecule has 0 radical (unpaired) electrons. The molecule has 0 bridgehead atoms. The highest BCUT2D eigenvalue weighted by Crippen LogP contribution is 2.25. The molecule has 148 valence electrons. The van der Waals surface area contributed by atoms with Crippen LogP contribution in [-0.4, -0.2) is 24.1 Å². The van der Waals surface area contributed by atoms with Crippen molar-refractivity contribution in [3.63, 3.8) is 0 Å². The highest BCUT2D eigenvalue weighted by atomic mass is 35.5. The van der Waals surface area contributed by atoms with Gasteiger partial charge in [-0.25, -0.2) is 10.3 Å². The van der Waals surface area contributed by atoms with Gasteiger partial charge in [0.2, 0.25) is 0 Å². The molecular weight excluding hydrogens is 396 g/mol. The van der Waals surface area contributed by atoms with Crippen molar-refractivity contribution in [3.8, 4) is 11.5 Å². The first-order valence-corrected chi connectivity index (χ1v) is 8.85. The maximum absolute atomic E-state index is 12.8. The second-order valence-electron chi connectivity index (χ2n) is 5.91. The number of carboxylic acids is 1. The zero-order chi connectivity index (χ0) is 20.8. The Labute approximate surface area is 171 Å². The Morgan fingerprint density at radius 2 is 1.59 bits per heavy atom. The van der Waals surface area contributed by atoms with Gasteiger partial charge in [0.05, 0.1) is 23.9 Å². The van der Waals surface area contributed by atoms with Crippen LogP contribution in [0.25, 0.3) is 0 Å². The molecule has 0 aliphatic heterocycles. The molecule has 0 aliphatic rings. The fourth-order valence-corrected chi connectivity index (χ4v) is 2.56. The van der Waals surface area contributed by atoms with Crippen LogP contribution in [-0.2, 0) is 0 Å². The number of ether oxygens (including phenoxy) is 1. The predicted molar refractivity (Wildman–Crippen MR) is 110 cm³/mol. The summed E-state index contributed by atoms with van der Waals surface area (Å²) in [7, 11) is 1.50. The molecule has 0 aromatic heterocycles. The molecule has 0 atom stereocenters. The summed E-state index contributed by atoms with van der Waals surface area (Å²) >= 11 is 5.86. The molecule has 0 aliphatic carbocycles. The molecule has 7 nitrogen and oxygen atoms in total. The van der Waals surface area contributed by atoms with Gasteiger partial charge in [-0.05, 0) is 66.7 Å². The SMILES string of the molecule is COc1ccc(NOc2ccc(Cl)cc2)c(C(=O)Nc2ccc(C(=O)O)cc2)c1. The standard InChI is InChI=1S/C21H17ClN2O5/c1-28-17-10-11-19(24-29-16-8-4-14(22)5-9-16)18(12-17)20(25)23-15-6-2-13(3-7-15)21(26)27/h2-12,24H,1H3,(H,23,25)(H,26,27). The molecule has 3 rings (SSSR count). The van der Waals surface area contributed by atoms with Crippen molar-refractivity contribution < 1.29 is 24.3 Å². The molecule has 0 fully saturated rings. The molecule has 3 N–H and O–H groups in total. The monoisotopic (exact) mass is 412 g/mol. The second-order valence-corrected chi connectivity index (χ2v) is 6.34. The topological polar surface area (TPSA) is 96.9 Å². The zero-order valence-electron chi connectivity index (χ0n) is 15.3. The van der Waals surface area contributed by atoms with E-state index in [2.05, 4.69) is 10.8 Å². The summed E-state index contributed by atoms with van der Waals surface area (Å²) in [5.41, 5.74) is 4.03. The van der Waals surface area contributed by atoms with Crippen LogP contribution in [0.15, 0.2) is 66.7 Å². The third kappa shape index (κ3) is 5.18. The lowest BCUT2D eigenvalue weighted by atomic mass is 10.1. The van der Waals surface area contributed by atoms with E-state index in [1.54, 1.807) is 42.5 Å². The predicted octanol–water partition coefficient (Wildman–Crippen LogP) is 4.71. The normalized spacial score (nSPS) is 10.1. The number of anilines is 2. The first kappa shape index (κ1) is 20.0. The zero-order valence-corrected chi connectivity index (χ0v) is 16.1. The summed E-state index contributed by atoms with van der Waals surface area (Å²) in [5.74, 6) is -0.454. The first-order chi connectivity index (χ1) is 14.0. The number of amides is 1. The molecule has 0 unspecified atom stereocenters. The van der Waals surface area contributed by atoms with Crippen molar-refractivity contribution in [2.75, 3.05) is 17.9 Å². The summed E-state index contributed by atoms with van der Waals surface area (Å²) in [5, 5.41) is 12.3. The molecule has 3 aromatic carbocycles. The van der Waals surface area contributed by atoms with E-state index in [1.165, 1.54) is 31.4 Å². The number of nitrogens with one attached hydrogen (secondary N) is 2. The summed E-state index contributed by atoms with van der Waals surface area (Å²) in [6.07, 6.45) is 0. The summed E-state index contributed by atoms with van der Waals surface area (Å²) < 4.78 is 5.20. The Morgan fingerprint density at radius 1 is 0.931 bits per heavy atom. The Kier molecular flexibility index (Phi) is 6.21. The van der Waals surface area contributed by atoms with Gasteiger partial charge in [-0.2, -0.15) is 0 Å². The Morgan fingerprint density at radius 3 is 2.21 bits per heavy atom. The van der Waals surface area contributed by atoms with E-state index < -0.39 is 11.9 Å². The number of methoxy groups -OCH3 is 1. The Bertz CT molecular complexity index is 1020. The molecule has 0 heterocycles. The van der Waals surface area contributed by atoms with Crippen LogP contribution in [0, 0.1) is 0 Å². The van der Waals surface area contributed by atoms with E-state index >= 15 is 0 Å². The maximum Gasteiger partial charge on any atom is 0.335 e. The van der Waals surface area contributed by atoms with Gasteiger partial charge in [0.1, 0.15) is 5.75 Å². The maximum atomic E-state index is 12.8. The van der Waals surface area contributed by atoms with Crippen molar-refractivity contribution in [2.45, 2.75) is 0 Å². The lowest BCUT2D eigenvalue weighted by Crippen LogP contribution is -2.16. The number of carbonyl (C=O) groups excluding carboxylic acids is 1. The van der Waals surface area contributed by atoms with Crippen LogP contribution >= 0.6 is 11.6 Å². The van der Waals surface area contributed by atoms with Gasteiger partial charge in [0.15, 0.2) is 5.75 Å². The number of hydrogen-bond acceptors (Lipinski definition) is 5. The van der Waals surface area contributed by atoms with E-state index in [0.717, 1.165) is 0 Å². The van der Waals surface area contributed by atoms with Crippen LogP contribution in [0.1, 0.15) is 20.7 Å². The average molecular weight is 413 g/mol. The minimum Gasteiger partial charge on any atom is -0.497 e. The second kappa shape index (κ2) is 8.99. The third-order valence-corrected chi connectivity index (χ3v) is 4.21. The number of aromatic carboxylic acids is 1. The molecule has 0 saturated heterocycles. The molecule has 8 heteroatoms. The van der Waals surface area contributed by atoms with Gasteiger partial charge in [-0.1, -0.05) is 11.6 Å². The van der Waals surface area contributed by atoms with Gasteiger partial charge in [-0.15, -0.1) is 0 Å². The van der Waals surface area contributed by atoms with Crippen molar-refractivity contribution in [1.82, 2.24) is 0 Å². The van der Waals surface area contributed by atoms with E-state index in [1.807, 2.05) is 0 Å². The average Bonchev–Trinajstić information content (AvgIpc) is 2.73. The van der Waals surface area contributed by atoms with Crippen LogP contribution in [0.5, 0.6) is 11.5 Å². The minimum atomic E-state index is -1.04. The van der Waals surface area contributed by atoms with E-state index in [0.29, 0.717) is 27.9 Å². The van der Waals surface area contributed by atoms with Crippen LogP contribution in [0.4, 0.5) is 11.4 Å². The number of carboxylic acid groups (broad SMARTS) is 1.